The fourth-order valence-electron chi connectivity index (χ4n) is 2.04. The number of hydrogen-bond donors (Lipinski definition) is 1. The van der Waals surface area contributed by atoms with Crippen LogP contribution in [0, 0.1) is 6.92 Å². The highest BCUT2D eigenvalue weighted by atomic mass is 32.1. The molecule has 19 heavy (non-hydrogen) atoms. The fraction of sp³-hybridized carbons (Fsp3) is 0.125. The van der Waals surface area contributed by atoms with Crippen LogP contribution in [0.25, 0.3) is 10.1 Å². The summed E-state index contributed by atoms with van der Waals surface area (Å²) in [6.07, 6.45) is 0. The smallest absolute Gasteiger partial charge is 0.123 e. The molecule has 0 radical (unpaired) electrons. The molecule has 1 heterocycles. The maximum Gasteiger partial charge on any atom is 0.123 e. The molecular weight excluding hydrogens is 256 g/mol. The van der Waals surface area contributed by atoms with Crippen LogP contribution in [-0.2, 0) is 6.61 Å². The van der Waals surface area contributed by atoms with Crippen LogP contribution in [0.2, 0.25) is 0 Å². The zero-order valence-electron chi connectivity index (χ0n) is 10.6. The number of aromatic hydroxyl groups is 1. The molecule has 3 heteroatoms. The number of hydrogen-bond acceptors (Lipinski definition) is 3. The molecule has 3 rings (SSSR count). The third-order valence-electron chi connectivity index (χ3n) is 3.02. The van der Waals surface area contributed by atoms with E-state index >= 15 is 0 Å². The van der Waals surface area contributed by atoms with Gasteiger partial charge < -0.3 is 9.84 Å². The Hall–Kier alpha value is -2.00. The summed E-state index contributed by atoms with van der Waals surface area (Å²) in [5, 5.41) is 12.8. The van der Waals surface area contributed by atoms with Gasteiger partial charge in [-0.15, -0.1) is 11.3 Å². The number of thiophene rings is 1. The van der Waals surface area contributed by atoms with Crippen molar-refractivity contribution in [3.63, 3.8) is 0 Å². The van der Waals surface area contributed by atoms with Gasteiger partial charge in [-0.3, -0.25) is 0 Å². The highest BCUT2D eigenvalue weighted by Crippen LogP contribution is 2.28. The molecule has 0 aliphatic carbocycles. The summed E-state index contributed by atoms with van der Waals surface area (Å²) >= 11 is 1.73. The highest BCUT2D eigenvalue weighted by Gasteiger charge is 2.05. The van der Waals surface area contributed by atoms with Crippen molar-refractivity contribution in [1.29, 1.82) is 0 Å². The van der Waals surface area contributed by atoms with Crippen LogP contribution in [0.4, 0.5) is 0 Å². The fourth-order valence-corrected chi connectivity index (χ4v) is 2.97. The summed E-state index contributed by atoms with van der Waals surface area (Å²) in [7, 11) is 0. The highest BCUT2D eigenvalue weighted by molar-refractivity contribution is 7.17. The average molecular weight is 270 g/mol. The molecule has 0 bridgehead atoms. The lowest BCUT2D eigenvalue weighted by atomic mass is 10.1. The summed E-state index contributed by atoms with van der Waals surface area (Å²) in [4.78, 5) is 0. The molecule has 0 saturated heterocycles. The van der Waals surface area contributed by atoms with E-state index in [9.17, 15) is 5.11 Å². The van der Waals surface area contributed by atoms with Gasteiger partial charge in [0.05, 0.1) is 0 Å². The van der Waals surface area contributed by atoms with Crippen molar-refractivity contribution in [2.45, 2.75) is 13.5 Å². The molecule has 0 atom stereocenters. The van der Waals surface area contributed by atoms with Crippen molar-refractivity contribution in [3.05, 3.63) is 59.0 Å². The lowest BCUT2D eigenvalue weighted by Gasteiger charge is -2.06. The van der Waals surface area contributed by atoms with Crippen LogP contribution in [-0.4, -0.2) is 5.11 Å². The molecule has 2 nitrogen and oxygen atoms in total. The largest absolute Gasteiger partial charge is 0.508 e. The Kier molecular flexibility index (Phi) is 3.13. The van der Waals surface area contributed by atoms with E-state index < -0.39 is 0 Å². The number of rotatable bonds is 3. The first kappa shape index (κ1) is 12.1. The minimum absolute atomic E-state index is 0.225. The average Bonchev–Trinajstić information content (AvgIpc) is 2.79. The normalized spacial score (nSPS) is 10.8. The molecule has 0 aliphatic heterocycles. The number of phenolic OH excluding ortho intramolecular Hbond substituents is 1. The van der Waals surface area contributed by atoms with Gasteiger partial charge in [-0.25, -0.2) is 0 Å². The van der Waals surface area contributed by atoms with Crippen LogP contribution in [0.15, 0.2) is 47.8 Å². The quantitative estimate of drug-likeness (QED) is 0.759. The van der Waals surface area contributed by atoms with E-state index in [4.69, 9.17) is 4.74 Å². The van der Waals surface area contributed by atoms with E-state index in [-0.39, 0.29) is 5.75 Å². The Labute approximate surface area is 115 Å². The van der Waals surface area contributed by atoms with Crippen LogP contribution >= 0.6 is 11.3 Å². The molecular formula is C16H14O2S. The Bertz CT molecular complexity index is 716. The molecule has 0 spiro atoms. The van der Waals surface area contributed by atoms with Crippen molar-refractivity contribution < 1.29 is 9.84 Å². The lowest BCUT2D eigenvalue weighted by molar-refractivity contribution is 0.306. The summed E-state index contributed by atoms with van der Waals surface area (Å²) < 4.78 is 7.00. The molecule has 2 aromatic carbocycles. The van der Waals surface area contributed by atoms with Gasteiger partial charge in [-0.2, -0.15) is 0 Å². The van der Waals surface area contributed by atoms with Crippen molar-refractivity contribution in [1.82, 2.24) is 0 Å². The third-order valence-corrected chi connectivity index (χ3v) is 4.03. The maximum absolute atomic E-state index is 9.40. The van der Waals surface area contributed by atoms with Crippen LogP contribution in [0.3, 0.4) is 0 Å². The zero-order valence-corrected chi connectivity index (χ0v) is 11.4. The first-order valence-electron chi connectivity index (χ1n) is 6.11. The van der Waals surface area contributed by atoms with E-state index in [1.807, 2.05) is 6.07 Å². The molecule has 0 fully saturated rings. The Morgan fingerprint density at radius 2 is 2.05 bits per heavy atom. The van der Waals surface area contributed by atoms with E-state index in [1.54, 1.807) is 29.5 Å². The monoisotopic (exact) mass is 270 g/mol. The Balaban J connectivity index is 1.84. The maximum atomic E-state index is 9.40. The lowest BCUT2D eigenvalue weighted by Crippen LogP contribution is -1.94. The number of phenols is 1. The van der Waals surface area contributed by atoms with E-state index in [0.717, 1.165) is 0 Å². The van der Waals surface area contributed by atoms with Crippen LogP contribution in [0.1, 0.15) is 11.1 Å². The van der Waals surface area contributed by atoms with Gasteiger partial charge in [0.1, 0.15) is 18.1 Å². The van der Waals surface area contributed by atoms with Crippen molar-refractivity contribution >= 4 is 21.4 Å². The van der Waals surface area contributed by atoms with Gasteiger partial charge in [-0.05, 0) is 35.9 Å². The minimum atomic E-state index is 0.225. The molecule has 0 saturated carbocycles. The first-order valence-corrected chi connectivity index (χ1v) is 6.99. The van der Waals surface area contributed by atoms with Gasteiger partial charge >= 0.3 is 0 Å². The van der Waals surface area contributed by atoms with Crippen LogP contribution < -0.4 is 4.74 Å². The number of fused-ring (bicyclic) bond motifs is 1. The Morgan fingerprint density at radius 3 is 2.89 bits per heavy atom. The van der Waals surface area contributed by atoms with Gasteiger partial charge in [-0.1, -0.05) is 23.8 Å². The van der Waals surface area contributed by atoms with E-state index in [0.29, 0.717) is 12.4 Å². The third kappa shape index (κ3) is 2.56. The standard InChI is InChI=1S/C16H14O2S/c1-11-5-6-16-15(7-11)12(10-19-16)9-18-14-4-2-3-13(17)8-14/h2-8,10,17H,9H2,1H3. The van der Waals surface area contributed by atoms with Crippen molar-refractivity contribution in [3.8, 4) is 11.5 Å². The second kappa shape index (κ2) is 4.94. The summed E-state index contributed by atoms with van der Waals surface area (Å²) in [6, 6.07) is 13.3. The second-order valence-corrected chi connectivity index (χ2v) is 5.46. The molecule has 0 unspecified atom stereocenters. The van der Waals surface area contributed by atoms with Gasteiger partial charge in [0.2, 0.25) is 0 Å². The van der Waals surface area contributed by atoms with Gasteiger partial charge in [0.25, 0.3) is 0 Å². The number of aryl methyl sites for hydroxylation is 1. The predicted octanol–water partition coefficient (Wildman–Crippen LogP) is 4.49. The molecule has 96 valence electrons. The zero-order chi connectivity index (χ0) is 13.2. The summed E-state index contributed by atoms with van der Waals surface area (Å²) in [5.41, 5.74) is 2.44. The second-order valence-electron chi connectivity index (χ2n) is 4.55. The predicted molar refractivity (Wildman–Crippen MR) is 79.0 cm³/mol. The molecule has 1 N–H and O–H groups in total. The molecule has 0 amide bonds. The SMILES string of the molecule is Cc1ccc2scc(COc3cccc(O)c3)c2c1. The summed E-state index contributed by atoms with van der Waals surface area (Å²) in [6.45, 7) is 2.61. The number of ether oxygens (including phenoxy) is 1. The molecule has 0 aliphatic rings. The molecule has 1 aromatic heterocycles. The Morgan fingerprint density at radius 1 is 1.16 bits per heavy atom. The van der Waals surface area contributed by atoms with Crippen molar-refractivity contribution in [2.75, 3.05) is 0 Å². The summed E-state index contributed by atoms with van der Waals surface area (Å²) in [5.74, 6) is 0.913. The first-order chi connectivity index (χ1) is 9.22. The van der Waals surface area contributed by atoms with Gasteiger partial charge in [0, 0.05) is 16.3 Å². The van der Waals surface area contributed by atoms with Crippen LogP contribution in [0.5, 0.6) is 11.5 Å². The van der Waals surface area contributed by atoms with Crippen molar-refractivity contribution in [2.24, 2.45) is 0 Å². The van der Waals surface area contributed by atoms with E-state index in [2.05, 4.69) is 30.5 Å². The molecule has 3 aromatic rings. The minimum Gasteiger partial charge on any atom is -0.508 e. The number of benzene rings is 2. The van der Waals surface area contributed by atoms with Gasteiger partial charge in [0.15, 0.2) is 0 Å². The topological polar surface area (TPSA) is 29.5 Å². The van der Waals surface area contributed by atoms with E-state index in [1.165, 1.54) is 21.2 Å².